The van der Waals surface area contributed by atoms with Gasteiger partial charge in [0.1, 0.15) is 0 Å². The Hall–Kier alpha value is -1.30. The molecule has 0 aromatic carbocycles. The zero-order chi connectivity index (χ0) is 15.3. The Bertz CT molecular complexity index is 372. The number of urea groups is 1. The molecule has 6 nitrogen and oxygen atoms in total. The third-order valence-corrected chi connectivity index (χ3v) is 4.90. The highest BCUT2D eigenvalue weighted by Gasteiger charge is 2.41. The summed E-state index contributed by atoms with van der Waals surface area (Å²) in [6.45, 7) is 2.44. The maximum atomic E-state index is 12.2. The number of nitrogens with zero attached hydrogens (tertiary/aromatic N) is 1. The normalized spacial score (nSPS) is 22.2. The molecule has 0 aromatic heterocycles. The topological polar surface area (TPSA) is 78.9 Å². The van der Waals surface area contributed by atoms with E-state index in [9.17, 15) is 14.7 Å². The standard InChI is InChI=1S/C15H26N2O4/c1-21-10-12-4-8-17(9-5-12)14(20)16-11-15(13(18)19)6-2-3-7-15/h12H,2-11H2,1H3,(H,16,20)(H,18,19). The number of likely N-dealkylation sites (tertiary alicyclic amines) is 1. The number of carbonyl (C=O) groups excluding carboxylic acids is 1. The van der Waals surface area contributed by atoms with Crippen LogP contribution in [0, 0.1) is 11.3 Å². The Morgan fingerprint density at radius 2 is 1.90 bits per heavy atom. The number of methoxy groups -OCH3 is 1. The Kier molecular flexibility index (Phi) is 5.45. The lowest BCUT2D eigenvalue weighted by atomic mass is 9.86. The third-order valence-electron chi connectivity index (χ3n) is 4.90. The molecule has 1 aliphatic heterocycles. The fourth-order valence-electron chi connectivity index (χ4n) is 3.41. The molecule has 120 valence electrons. The highest BCUT2D eigenvalue weighted by Crippen LogP contribution is 2.37. The van der Waals surface area contributed by atoms with Gasteiger partial charge in [-0.05, 0) is 31.6 Å². The van der Waals surface area contributed by atoms with Crippen LogP contribution in [0.1, 0.15) is 38.5 Å². The number of carboxylic acid groups (broad SMARTS) is 1. The van der Waals surface area contributed by atoms with Crippen molar-refractivity contribution >= 4 is 12.0 Å². The minimum Gasteiger partial charge on any atom is -0.481 e. The lowest BCUT2D eigenvalue weighted by molar-refractivity contribution is -0.148. The van der Waals surface area contributed by atoms with Crippen LogP contribution in [0.4, 0.5) is 4.79 Å². The van der Waals surface area contributed by atoms with E-state index in [1.807, 2.05) is 0 Å². The van der Waals surface area contributed by atoms with Crippen molar-refractivity contribution in [3.63, 3.8) is 0 Å². The molecule has 0 atom stereocenters. The maximum absolute atomic E-state index is 12.2. The zero-order valence-corrected chi connectivity index (χ0v) is 12.8. The number of rotatable bonds is 5. The molecule has 1 saturated carbocycles. The summed E-state index contributed by atoms with van der Waals surface area (Å²) in [6.07, 6.45) is 5.10. The van der Waals surface area contributed by atoms with Crippen molar-refractivity contribution in [1.82, 2.24) is 10.2 Å². The van der Waals surface area contributed by atoms with Crippen LogP contribution >= 0.6 is 0 Å². The molecule has 0 spiro atoms. The number of nitrogens with one attached hydrogen (secondary N) is 1. The van der Waals surface area contributed by atoms with Crippen molar-refractivity contribution in [3.05, 3.63) is 0 Å². The molecule has 21 heavy (non-hydrogen) atoms. The van der Waals surface area contributed by atoms with Gasteiger partial charge in [0.25, 0.3) is 0 Å². The van der Waals surface area contributed by atoms with Gasteiger partial charge in [-0.2, -0.15) is 0 Å². The van der Waals surface area contributed by atoms with E-state index in [2.05, 4.69) is 5.32 Å². The van der Waals surface area contributed by atoms with Gasteiger partial charge in [0, 0.05) is 33.4 Å². The Balaban J connectivity index is 1.78. The predicted octanol–water partition coefficient (Wildman–Crippen LogP) is 1.70. The van der Waals surface area contributed by atoms with Crippen molar-refractivity contribution < 1.29 is 19.4 Å². The van der Waals surface area contributed by atoms with Crippen molar-refractivity contribution in [2.75, 3.05) is 33.4 Å². The summed E-state index contributed by atoms with van der Waals surface area (Å²) in [7, 11) is 1.70. The average Bonchev–Trinajstić information content (AvgIpc) is 2.96. The zero-order valence-electron chi connectivity index (χ0n) is 12.8. The second-order valence-electron chi connectivity index (χ2n) is 6.34. The van der Waals surface area contributed by atoms with Gasteiger partial charge >= 0.3 is 12.0 Å². The van der Waals surface area contributed by atoms with Gasteiger partial charge in [0.05, 0.1) is 5.41 Å². The first-order valence-corrected chi connectivity index (χ1v) is 7.82. The monoisotopic (exact) mass is 298 g/mol. The molecule has 6 heteroatoms. The lowest BCUT2D eigenvalue weighted by Gasteiger charge is -2.33. The Morgan fingerprint density at radius 3 is 2.43 bits per heavy atom. The number of hydrogen-bond donors (Lipinski definition) is 2. The summed E-state index contributed by atoms with van der Waals surface area (Å²) in [6, 6.07) is -0.126. The van der Waals surface area contributed by atoms with Gasteiger partial charge in [-0.15, -0.1) is 0 Å². The molecule has 2 aliphatic rings. The number of piperidine rings is 1. The second kappa shape index (κ2) is 7.11. The van der Waals surface area contributed by atoms with E-state index in [0.29, 0.717) is 18.8 Å². The van der Waals surface area contributed by atoms with E-state index in [1.165, 1.54) is 0 Å². The molecule has 0 unspecified atom stereocenters. The van der Waals surface area contributed by atoms with Gasteiger partial charge in [-0.1, -0.05) is 12.8 Å². The molecule has 2 amide bonds. The minimum absolute atomic E-state index is 0.126. The van der Waals surface area contributed by atoms with Crippen LogP contribution in [0.15, 0.2) is 0 Å². The number of carbonyl (C=O) groups is 2. The predicted molar refractivity (Wildman–Crippen MR) is 78.1 cm³/mol. The number of aliphatic carboxylic acids is 1. The molecule has 1 heterocycles. The van der Waals surface area contributed by atoms with E-state index in [4.69, 9.17) is 4.74 Å². The number of ether oxygens (including phenoxy) is 1. The molecule has 2 fully saturated rings. The van der Waals surface area contributed by atoms with Crippen molar-refractivity contribution in [3.8, 4) is 0 Å². The smallest absolute Gasteiger partial charge is 0.317 e. The second-order valence-corrected chi connectivity index (χ2v) is 6.34. The van der Waals surface area contributed by atoms with E-state index in [1.54, 1.807) is 12.0 Å². The van der Waals surface area contributed by atoms with E-state index in [0.717, 1.165) is 45.4 Å². The van der Waals surface area contributed by atoms with Crippen molar-refractivity contribution in [2.45, 2.75) is 38.5 Å². The van der Waals surface area contributed by atoms with Crippen LogP contribution in [-0.4, -0.2) is 55.4 Å². The van der Waals surface area contributed by atoms with Crippen molar-refractivity contribution in [1.29, 1.82) is 0 Å². The number of carboxylic acids is 1. The number of amides is 2. The molecule has 0 radical (unpaired) electrons. The van der Waals surface area contributed by atoms with Crippen LogP contribution in [0.5, 0.6) is 0 Å². The SMILES string of the molecule is COCC1CCN(C(=O)NCC2(C(=O)O)CCCC2)CC1. The number of hydrogen-bond acceptors (Lipinski definition) is 3. The molecule has 2 rings (SSSR count). The summed E-state index contributed by atoms with van der Waals surface area (Å²) in [4.78, 5) is 25.4. The summed E-state index contributed by atoms with van der Waals surface area (Å²) >= 11 is 0. The van der Waals surface area contributed by atoms with Crippen LogP contribution in [0.2, 0.25) is 0 Å². The Morgan fingerprint density at radius 1 is 1.29 bits per heavy atom. The van der Waals surface area contributed by atoms with E-state index < -0.39 is 11.4 Å². The van der Waals surface area contributed by atoms with Gasteiger partial charge < -0.3 is 20.1 Å². The fraction of sp³-hybridized carbons (Fsp3) is 0.867. The van der Waals surface area contributed by atoms with Gasteiger partial charge in [0.2, 0.25) is 0 Å². The first-order valence-electron chi connectivity index (χ1n) is 7.82. The highest BCUT2D eigenvalue weighted by atomic mass is 16.5. The quantitative estimate of drug-likeness (QED) is 0.809. The molecule has 0 aromatic rings. The summed E-state index contributed by atoms with van der Waals surface area (Å²) < 4.78 is 5.15. The van der Waals surface area contributed by atoms with E-state index in [-0.39, 0.29) is 12.6 Å². The van der Waals surface area contributed by atoms with Crippen LogP contribution in [0.3, 0.4) is 0 Å². The molecule has 1 saturated heterocycles. The van der Waals surface area contributed by atoms with Gasteiger partial charge in [-0.3, -0.25) is 4.79 Å². The van der Waals surface area contributed by atoms with E-state index >= 15 is 0 Å². The largest absolute Gasteiger partial charge is 0.481 e. The molecule has 2 N–H and O–H groups in total. The molecule has 0 bridgehead atoms. The summed E-state index contributed by atoms with van der Waals surface area (Å²) in [5.74, 6) is -0.252. The van der Waals surface area contributed by atoms with Crippen LogP contribution < -0.4 is 5.32 Å². The lowest BCUT2D eigenvalue weighted by Crippen LogP contribution is -2.49. The van der Waals surface area contributed by atoms with Gasteiger partial charge in [-0.25, -0.2) is 4.79 Å². The maximum Gasteiger partial charge on any atom is 0.317 e. The summed E-state index contributed by atoms with van der Waals surface area (Å²) in [5, 5.41) is 12.2. The molecular weight excluding hydrogens is 272 g/mol. The highest BCUT2D eigenvalue weighted by molar-refractivity contribution is 5.78. The molecular formula is C15H26N2O4. The van der Waals surface area contributed by atoms with Gasteiger partial charge in [0.15, 0.2) is 0 Å². The third kappa shape index (κ3) is 3.87. The Labute approximate surface area is 125 Å². The van der Waals surface area contributed by atoms with Crippen LogP contribution in [-0.2, 0) is 9.53 Å². The van der Waals surface area contributed by atoms with Crippen molar-refractivity contribution in [2.24, 2.45) is 11.3 Å². The average molecular weight is 298 g/mol. The molecule has 1 aliphatic carbocycles. The summed E-state index contributed by atoms with van der Waals surface area (Å²) in [5.41, 5.74) is -0.746. The minimum atomic E-state index is -0.779. The first-order chi connectivity index (χ1) is 10.1. The fourth-order valence-corrected chi connectivity index (χ4v) is 3.41. The first kappa shape index (κ1) is 16.1. The van der Waals surface area contributed by atoms with Crippen LogP contribution in [0.25, 0.3) is 0 Å².